The van der Waals surface area contributed by atoms with Gasteiger partial charge in [-0.15, -0.1) is 34.0 Å². The fourth-order valence-corrected chi connectivity index (χ4v) is 22.0. The third kappa shape index (κ3) is 14.3. The van der Waals surface area contributed by atoms with E-state index in [0.29, 0.717) is 40.8 Å². The van der Waals surface area contributed by atoms with Crippen molar-refractivity contribution >= 4 is 170 Å². The molecule has 0 radical (unpaired) electrons. The molecule has 0 spiro atoms. The molecule has 11 nitrogen and oxygen atoms in total. The average molecular weight is 1750 g/mol. The summed E-state index contributed by atoms with van der Waals surface area (Å²) in [7, 11) is 0. The van der Waals surface area contributed by atoms with Crippen molar-refractivity contribution in [1.29, 1.82) is 0 Å². The second-order valence-corrected chi connectivity index (χ2v) is 36.2. The van der Waals surface area contributed by atoms with Crippen LogP contribution in [0.5, 0.6) is 0 Å². The van der Waals surface area contributed by atoms with E-state index in [2.05, 4.69) is 255 Å². The number of hydrogen-bond donors (Lipinski definition) is 0. The number of nitrogens with zero attached hydrogens (tertiary/aromatic N) is 11. The molecule has 133 heavy (non-hydrogen) atoms. The van der Waals surface area contributed by atoms with Gasteiger partial charge >= 0.3 is 0 Å². The lowest BCUT2D eigenvalue weighted by molar-refractivity contribution is 1.07. The van der Waals surface area contributed by atoms with Crippen LogP contribution in [0.2, 0.25) is 0 Å². The van der Waals surface area contributed by atoms with Gasteiger partial charge in [-0.1, -0.05) is 358 Å². The molecule has 0 saturated carbocycles. The standard InChI is InChI=1S/C44H26N4S.C40H24N4S.C35H21N3S/c1-3-13-27(14-4-1)42-46-43(28-15-5-2-6-16-28)48-44(47-42)35-24-23-34(29-17-7-8-18-30(29)35)41-33-21-10-9-19-31(33)36-26-40-37(25-38(36)45-41)32-20-11-12-22-39(32)49-40;1-3-12-25(13-4-1)38-42-39(26-14-5-2-6-15-26)44-40(43-38)28-17-11-16-27(22-28)37-31-20-8-7-18-29(31)32-24-36-33(23-34(32)41-37)30-19-9-10-21-35(30)45-36;1-3-11-22(12-4-1)33-29(21-36-35(38-33)23-13-5-2-6-14-23)34-26-17-8-7-15-24(26)27-20-32-28(19-30(27)37-34)25-16-9-10-18-31(25)39-32/h1-26H;1-24H;1-21H. The van der Waals surface area contributed by atoms with Crippen LogP contribution in [0, 0.1) is 0 Å². The lowest BCUT2D eigenvalue weighted by Gasteiger charge is -2.15. The van der Waals surface area contributed by atoms with Crippen LogP contribution in [-0.2, 0) is 0 Å². The van der Waals surface area contributed by atoms with E-state index in [4.69, 9.17) is 54.8 Å². The number of aromatic nitrogens is 11. The first-order chi connectivity index (χ1) is 65.9. The van der Waals surface area contributed by atoms with Gasteiger partial charge in [-0.3, -0.25) is 0 Å². The molecule has 0 fully saturated rings. The maximum atomic E-state index is 5.43. The molecular weight excluding hydrogens is 1680 g/mol. The van der Waals surface area contributed by atoms with E-state index in [1.807, 2.05) is 210 Å². The molecule has 0 bridgehead atoms. The molecule has 0 saturated heterocycles. The Balaban J connectivity index is 0.000000108. The van der Waals surface area contributed by atoms with E-state index in [9.17, 15) is 0 Å². The van der Waals surface area contributed by atoms with Gasteiger partial charge in [0, 0.05) is 160 Å². The molecule has 0 aliphatic carbocycles. The van der Waals surface area contributed by atoms with Gasteiger partial charge in [-0.25, -0.2) is 54.8 Å². The minimum absolute atomic E-state index is 0.626. The minimum atomic E-state index is 0.626. The van der Waals surface area contributed by atoms with Gasteiger partial charge in [-0.05, 0) is 93.7 Å². The molecule has 0 unspecified atom stereocenters. The van der Waals surface area contributed by atoms with Crippen LogP contribution in [0.1, 0.15) is 0 Å². The smallest absolute Gasteiger partial charge is 0.164 e. The van der Waals surface area contributed by atoms with E-state index in [0.717, 1.165) is 133 Å². The normalized spacial score (nSPS) is 11.6. The second-order valence-electron chi connectivity index (χ2n) is 33.0. The van der Waals surface area contributed by atoms with Crippen LogP contribution in [0.15, 0.2) is 431 Å². The molecule has 18 aromatic carbocycles. The zero-order chi connectivity index (χ0) is 87.8. The Kier molecular flexibility index (Phi) is 19.6. The monoisotopic (exact) mass is 1750 g/mol. The molecular formula is C119H71N11S3. The van der Waals surface area contributed by atoms with Crippen molar-refractivity contribution in [3.63, 3.8) is 0 Å². The highest BCUT2D eigenvalue weighted by Gasteiger charge is 2.25. The van der Waals surface area contributed by atoms with Crippen molar-refractivity contribution in [2.75, 3.05) is 0 Å². The topological polar surface area (TPSA) is 142 Å². The number of pyridine rings is 3. The van der Waals surface area contributed by atoms with Crippen LogP contribution in [-0.4, -0.2) is 54.8 Å². The number of hydrogen-bond acceptors (Lipinski definition) is 14. The molecule has 0 aliphatic heterocycles. The number of fused-ring (bicyclic) bond motifs is 19. The van der Waals surface area contributed by atoms with Gasteiger partial charge < -0.3 is 0 Å². The fourth-order valence-electron chi connectivity index (χ4n) is 18.6. The maximum Gasteiger partial charge on any atom is 0.164 e. The summed E-state index contributed by atoms with van der Waals surface area (Å²) in [5.41, 5.74) is 17.4. The molecule has 0 amide bonds. The largest absolute Gasteiger partial charge is 0.247 e. The Hall–Kier alpha value is -17.0. The Morgan fingerprint density at radius 3 is 0.827 bits per heavy atom. The van der Waals surface area contributed by atoms with Crippen molar-refractivity contribution in [2.45, 2.75) is 0 Å². The number of thiophene rings is 3. The van der Waals surface area contributed by atoms with Gasteiger partial charge in [0.2, 0.25) is 0 Å². The zero-order valence-corrected chi connectivity index (χ0v) is 73.6. The predicted octanol–water partition coefficient (Wildman–Crippen LogP) is 31.9. The summed E-state index contributed by atoms with van der Waals surface area (Å²) in [6.07, 6.45) is 1.94. The molecule has 9 aromatic heterocycles. The van der Waals surface area contributed by atoms with Crippen LogP contribution < -0.4 is 0 Å². The lowest BCUT2D eigenvalue weighted by atomic mass is 9.93. The highest BCUT2D eigenvalue weighted by atomic mass is 32.1. The van der Waals surface area contributed by atoms with Gasteiger partial charge in [0.1, 0.15) is 0 Å². The van der Waals surface area contributed by atoms with Crippen molar-refractivity contribution in [1.82, 2.24) is 54.8 Å². The Bertz CT molecular complexity index is 9170. The van der Waals surface area contributed by atoms with Crippen molar-refractivity contribution in [2.24, 2.45) is 0 Å². The predicted molar refractivity (Wildman–Crippen MR) is 556 cm³/mol. The van der Waals surface area contributed by atoms with E-state index in [1.54, 1.807) is 0 Å². The van der Waals surface area contributed by atoms with Crippen LogP contribution in [0.4, 0.5) is 0 Å². The van der Waals surface area contributed by atoms with Crippen molar-refractivity contribution in [3.8, 4) is 125 Å². The molecule has 14 heteroatoms. The van der Waals surface area contributed by atoms with Gasteiger partial charge in [0.25, 0.3) is 0 Å². The molecule has 0 atom stereocenters. The third-order valence-corrected chi connectivity index (χ3v) is 28.3. The Morgan fingerprint density at radius 2 is 0.421 bits per heavy atom. The molecule has 620 valence electrons. The molecule has 0 aliphatic rings. The quantitative estimate of drug-likeness (QED) is 0.114. The van der Waals surface area contributed by atoms with Gasteiger partial charge in [0.05, 0.1) is 39.3 Å². The van der Waals surface area contributed by atoms with Crippen LogP contribution in [0.25, 0.3) is 261 Å². The number of rotatable bonds is 11. The highest BCUT2D eigenvalue weighted by molar-refractivity contribution is 7.26. The molecule has 27 aromatic rings. The summed E-state index contributed by atoms with van der Waals surface area (Å²) in [6, 6.07) is 147. The van der Waals surface area contributed by atoms with E-state index in [-0.39, 0.29) is 0 Å². The summed E-state index contributed by atoms with van der Waals surface area (Å²) < 4.78 is 7.73. The first-order valence-electron chi connectivity index (χ1n) is 44.2. The van der Waals surface area contributed by atoms with Crippen molar-refractivity contribution < 1.29 is 0 Å². The molecule has 27 rings (SSSR count). The molecule has 0 N–H and O–H groups in total. The summed E-state index contributed by atoms with van der Waals surface area (Å²) >= 11 is 5.52. The summed E-state index contributed by atoms with van der Waals surface area (Å²) in [5, 5.41) is 20.2. The van der Waals surface area contributed by atoms with Gasteiger partial charge in [0.15, 0.2) is 40.8 Å². The van der Waals surface area contributed by atoms with Gasteiger partial charge in [-0.2, -0.15) is 0 Å². The first-order valence-corrected chi connectivity index (χ1v) is 46.6. The van der Waals surface area contributed by atoms with Crippen LogP contribution >= 0.6 is 34.0 Å². The SMILES string of the molecule is c1ccc(-c2nc(-c3ccccc3)nc(-c3ccc(-c4nc5cc6c(cc5c5ccccc45)sc4ccccc46)c4ccccc34)n2)cc1.c1ccc(-c2nc(-c3ccccc3)nc(-c3cccc(-c4nc5cc6c(cc5c5ccccc45)sc4ccccc46)c3)n2)cc1.c1ccc(-c2ncc(-c3nc4cc5c(cc4c4ccccc34)sc3ccccc35)c(-c3ccccc3)n2)cc1. The Morgan fingerprint density at radius 1 is 0.135 bits per heavy atom. The second kappa shape index (κ2) is 33.2. The Labute approximate surface area is 774 Å². The summed E-state index contributed by atoms with van der Waals surface area (Å²) in [6.45, 7) is 0. The van der Waals surface area contributed by atoms with Crippen molar-refractivity contribution in [3.05, 3.63) is 431 Å². The zero-order valence-electron chi connectivity index (χ0n) is 71.1. The summed E-state index contributed by atoms with van der Waals surface area (Å²) in [5.74, 6) is 4.55. The van der Waals surface area contributed by atoms with E-state index >= 15 is 0 Å². The lowest BCUT2D eigenvalue weighted by Crippen LogP contribution is -2.01. The minimum Gasteiger partial charge on any atom is -0.247 e. The first kappa shape index (κ1) is 78.3. The highest BCUT2D eigenvalue weighted by Crippen LogP contribution is 2.47. The maximum absolute atomic E-state index is 5.43. The van der Waals surface area contributed by atoms with Crippen LogP contribution in [0.3, 0.4) is 0 Å². The fraction of sp³-hybridized carbons (Fsp3) is 0. The third-order valence-electron chi connectivity index (χ3n) is 24.9. The average Bonchev–Trinajstić information content (AvgIpc) is 1.65. The summed E-state index contributed by atoms with van der Waals surface area (Å²) in [4.78, 5) is 55.8. The molecule has 9 heterocycles. The van der Waals surface area contributed by atoms with E-state index in [1.165, 1.54) is 87.4 Å². The van der Waals surface area contributed by atoms with E-state index < -0.39 is 0 Å². The number of benzene rings is 18.